The van der Waals surface area contributed by atoms with Crippen molar-refractivity contribution in [2.75, 3.05) is 26.4 Å². The summed E-state index contributed by atoms with van der Waals surface area (Å²) in [5, 5.41) is 9.24. The van der Waals surface area contributed by atoms with E-state index in [1.807, 2.05) is 0 Å². The van der Waals surface area contributed by atoms with E-state index in [-0.39, 0.29) is 38.5 Å². The molecule has 0 spiro atoms. The third-order valence-corrected chi connectivity index (χ3v) is 5.90. The molecule has 0 aliphatic rings. The fourth-order valence-electron chi connectivity index (χ4n) is 3.90. The van der Waals surface area contributed by atoms with Crippen molar-refractivity contribution in [1.29, 1.82) is 0 Å². The number of halogens is 3. The second-order valence-corrected chi connectivity index (χ2v) is 10.8. The average Bonchev–Trinajstić information content (AvgIpc) is 3.41. The second-order valence-electron chi connectivity index (χ2n) is 10.8. The van der Waals surface area contributed by atoms with Crippen LogP contribution in [0.25, 0.3) is 16.9 Å². The van der Waals surface area contributed by atoms with Crippen molar-refractivity contribution >= 4 is 17.8 Å². The second kappa shape index (κ2) is 15.5. The van der Waals surface area contributed by atoms with Gasteiger partial charge in [-0.05, 0) is 59.6 Å². The predicted molar refractivity (Wildman–Crippen MR) is 152 cm³/mol. The molecule has 0 saturated carbocycles. The van der Waals surface area contributed by atoms with Crippen LogP contribution in [0.3, 0.4) is 0 Å². The van der Waals surface area contributed by atoms with Crippen LogP contribution in [-0.2, 0) is 14.2 Å². The molecule has 242 valence electrons. The summed E-state index contributed by atoms with van der Waals surface area (Å²) < 4.78 is 61.8. The van der Waals surface area contributed by atoms with E-state index in [1.54, 1.807) is 59.1 Å². The summed E-state index contributed by atoms with van der Waals surface area (Å²) in [4.78, 5) is 37.0. The Kier molecular flexibility index (Phi) is 12.1. The summed E-state index contributed by atoms with van der Waals surface area (Å²) in [5.41, 5.74) is 1.26. The van der Waals surface area contributed by atoms with Gasteiger partial charge >= 0.3 is 18.4 Å². The van der Waals surface area contributed by atoms with Crippen molar-refractivity contribution in [3.8, 4) is 17.1 Å². The van der Waals surface area contributed by atoms with Gasteiger partial charge in [0.1, 0.15) is 24.6 Å². The van der Waals surface area contributed by atoms with Gasteiger partial charge in [0.2, 0.25) is 5.65 Å². The highest BCUT2D eigenvalue weighted by molar-refractivity contribution is 5.68. The Bertz CT molecular complexity index is 1380. The number of hydrogen-bond donors (Lipinski definition) is 2. The number of hydrogen-bond acceptors (Lipinski definition) is 10. The molecule has 0 saturated heterocycles. The van der Waals surface area contributed by atoms with Crippen LogP contribution in [0.5, 0.6) is 5.88 Å². The van der Waals surface area contributed by atoms with Gasteiger partial charge in [-0.25, -0.2) is 24.1 Å². The first-order valence-electron chi connectivity index (χ1n) is 14.1. The molecule has 3 aromatic heterocycles. The lowest BCUT2D eigenvalue weighted by atomic mass is 10.1. The number of nitrogens with zero attached hydrogens (tertiary/aromatic N) is 5. The number of ether oxygens (including phenoxy) is 4. The number of carbonyl (C=O) groups excluding carboxylic acids is 2. The minimum Gasteiger partial charge on any atom is -0.473 e. The summed E-state index contributed by atoms with van der Waals surface area (Å²) >= 11 is 0. The average molecular weight is 626 g/mol. The van der Waals surface area contributed by atoms with E-state index in [9.17, 15) is 22.8 Å². The zero-order valence-electron chi connectivity index (χ0n) is 25.3. The molecule has 2 amide bonds. The Hall–Kier alpha value is -4.21. The molecule has 3 aromatic rings. The smallest absolute Gasteiger partial charge is 0.407 e. The molecule has 3 rings (SSSR count). The molecule has 0 aliphatic heterocycles. The number of alkyl carbamates (subject to hydrolysis) is 2. The van der Waals surface area contributed by atoms with Crippen molar-refractivity contribution in [3.05, 3.63) is 36.5 Å². The Balaban J connectivity index is 1.59. The molecule has 0 bridgehead atoms. The van der Waals surface area contributed by atoms with Crippen LogP contribution in [0.4, 0.5) is 22.8 Å². The van der Waals surface area contributed by atoms with Crippen LogP contribution in [0.15, 0.2) is 30.9 Å². The van der Waals surface area contributed by atoms with Gasteiger partial charge in [-0.3, -0.25) is 4.98 Å². The molecular weight excluding hydrogens is 587 g/mol. The van der Waals surface area contributed by atoms with E-state index in [0.29, 0.717) is 29.1 Å². The summed E-state index contributed by atoms with van der Waals surface area (Å²) in [6.45, 7) is 9.15. The first-order chi connectivity index (χ1) is 20.7. The fourth-order valence-corrected chi connectivity index (χ4v) is 3.90. The number of nitrogens with one attached hydrogen (secondary N) is 2. The van der Waals surface area contributed by atoms with E-state index in [4.69, 9.17) is 18.9 Å². The highest BCUT2D eigenvalue weighted by atomic mass is 19.4. The van der Waals surface area contributed by atoms with Gasteiger partial charge in [-0.1, -0.05) is 0 Å². The lowest BCUT2D eigenvalue weighted by Gasteiger charge is -2.24. The number of rotatable bonds is 14. The maximum absolute atomic E-state index is 12.8. The minimum absolute atomic E-state index is 0.0602. The van der Waals surface area contributed by atoms with Crippen LogP contribution in [0.1, 0.15) is 65.7 Å². The fraction of sp³-hybridized carbons (Fsp3) is 0.571. The van der Waals surface area contributed by atoms with E-state index in [1.165, 1.54) is 10.8 Å². The molecule has 0 aliphatic carbocycles. The normalized spacial score (nSPS) is 13.3. The molecule has 16 heteroatoms. The number of pyridine rings is 1. The number of carbonyl (C=O) groups is 2. The van der Waals surface area contributed by atoms with Crippen LogP contribution < -0.4 is 15.4 Å². The summed E-state index contributed by atoms with van der Waals surface area (Å²) in [7, 11) is 0. The number of alkyl halides is 3. The molecule has 2 atom stereocenters. The first kappa shape index (κ1) is 34.3. The van der Waals surface area contributed by atoms with Gasteiger partial charge in [0.25, 0.3) is 5.88 Å². The molecule has 0 aromatic carbocycles. The van der Waals surface area contributed by atoms with Crippen LogP contribution in [0, 0.1) is 0 Å². The van der Waals surface area contributed by atoms with E-state index < -0.39 is 42.5 Å². The molecule has 0 radical (unpaired) electrons. The largest absolute Gasteiger partial charge is 0.473 e. The quantitative estimate of drug-likeness (QED) is 0.234. The van der Waals surface area contributed by atoms with Crippen molar-refractivity contribution in [1.82, 2.24) is 35.2 Å². The lowest BCUT2D eigenvalue weighted by molar-refractivity contribution is -0.136. The number of amides is 2. The number of aromatic nitrogens is 5. The Morgan fingerprint density at radius 1 is 1.07 bits per heavy atom. The SMILES string of the molecule is CCNC(=O)O[C@H](C)c1cc(-c2cn3ncnc3c(OCCOCCC(CCC(F)(F)F)NC(=O)OC(C)(C)C)n2)ccn1. The van der Waals surface area contributed by atoms with Gasteiger partial charge < -0.3 is 29.6 Å². The number of fused-ring (bicyclic) bond motifs is 1. The van der Waals surface area contributed by atoms with Gasteiger partial charge in [0.15, 0.2) is 0 Å². The molecule has 44 heavy (non-hydrogen) atoms. The Labute approximate surface area is 252 Å². The molecule has 0 fully saturated rings. The van der Waals surface area contributed by atoms with Gasteiger partial charge in [0.05, 0.1) is 24.2 Å². The van der Waals surface area contributed by atoms with Crippen molar-refractivity contribution in [3.63, 3.8) is 0 Å². The summed E-state index contributed by atoms with van der Waals surface area (Å²) in [6, 6.07) is 2.68. The van der Waals surface area contributed by atoms with E-state index in [2.05, 4.69) is 30.7 Å². The maximum Gasteiger partial charge on any atom is 0.407 e. The molecule has 1 unspecified atom stereocenters. The van der Waals surface area contributed by atoms with Gasteiger partial charge in [-0.15, -0.1) is 0 Å². The third kappa shape index (κ3) is 11.5. The highest BCUT2D eigenvalue weighted by Gasteiger charge is 2.29. The molecule has 13 nitrogen and oxygen atoms in total. The predicted octanol–water partition coefficient (Wildman–Crippen LogP) is 5.01. The van der Waals surface area contributed by atoms with E-state index >= 15 is 0 Å². The molecular formula is C28H38F3N7O6. The third-order valence-electron chi connectivity index (χ3n) is 5.90. The molecule has 2 N–H and O–H groups in total. The topological polar surface area (TPSA) is 151 Å². The lowest BCUT2D eigenvalue weighted by Crippen LogP contribution is -2.40. The van der Waals surface area contributed by atoms with Crippen molar-refractivity contribution in [2.24, 2.45) is 0 Å². The molecule has 3 heterocycles. The Morgan fingerprint density at radius 3 is 2.55 bits per heavy atom. The van der Waals surface area contributed by atoms with Crippen molar-refractivity contribution in [2.45, 2.75) is 77.8 Å². The maximum atomic E-state index is 12.8. The first-order valence-corrected chi connectivity index (χ1v) is 14.1. The highest BCUT2D eigenvalue weighted by Crippen LogP contribution is 2.26. The van der Waals surface area contributed by atoms with Crippen LogP contribution in [0.2, 0.25) is 0 Å². The summed E-state index contributed by atoms with van der Waals surface area (Å²) in [5.74, 6) is 0.184. The van der Waals surface area contributed by atoms with Gasteiger partial charge in [-0.2, -0.15) is 18.3 Å². The minimum atomic E-state index is -4.36. The Morgan fingerprint density at radius 2 is 1.84 bits per heavy atom. The van der Waals surface area contributed by atoms with Crippen molar-refractivity contribution < 1.29 is 41.7 Å². The van der Waals surface area contributed by atoms with Crippen LogP contribution in [-0.4, -0.2) is 80.9 Å². The standard InChI is InChI=1S/C28H38F3N7O6/c1-6-32-25(39)43-18(2)21-15-19(8-11-33-21)22-16-38-23(34-17-35-38)24(37-22)42-14-13-41-12-9-20(7-10-28(29,30)31)36-26(40)44-27(3,4)5/h8,11,15-18,20H,6-7,9-10,12-14H2,1-5H3,(H,32,39)(H,36,40)/t18-,20?/m1/s1. The zero-order valence-corrected chi connectivity index (χ0v) is 25.3. The zero-order chi connectivity index (χ0) is 32.3. The van der Waals surface area contributed by atoms with Gasteiger partial charge in [0, 0.05) is 37.4 Å². The van der Waals surface area contributed by atoms with Crippen LogP contribution >= 0.6 is 0 Å². The van der Waals surface area contributed by atoms with E-state index in [0.717, 1.165) is 0 Å². The summed E-state index contributed by atoms with van der Waals surface area (Å²) in [6.07, 6.45) is -2.94. The monoisotopic (exact) mass is 625 g/mol.